The van der Waals surface area contributed by atoms with Gasteiger partial charge in [0.05, 0.1) is 5.69 Å². The first kappa shape index (κ1) is 14.3. The molecule has 19 heavy (non-hydrogen) atoms. The fourth-order valence-electron chi connectivity index (χ4n) is 2.92. The van der Waals surface area contributed by atoms with Crippen molar-refractivity contribution in [2.45, 2.75) is 39.7 Å². The third-order valence-corrected chi connectivity index (χ3v) is 4.05. The van der Waals surface area contributed by atoms with Gasteiger partial charge in [-0.15, -0.1) is 0 Å². The second-order valence-electron chi connectivity index (χ2n) is 5.39. The third-order valence-electron chi connectivity index (χ3n) is 4.05. The molecule has 0 amide bonds. The minimum absolute atomic E-state index is 0.0767. The van der Waals surface area contributed by atoms with E-state index in [1.807, 2.05) is 12.1 Å². The van der Waals surface area contributed by atoms with E-state index in [-0.39, 0.29) is 5.82 Å². The van der Waals surface area contributed by atoms with Crippen LogP contribution >= 0.6 is 0 Å². The van der Waals surface area contributed by atoms with Crippen LogP contribution in [0.15, 0.2) is 18.2 Å². The summed E-state index contributed by atoms with van der Waals surface area (Å²) in [7, 11) is 0. The Hall–Kier alpha value is -1.09. The topological polar surface area (TPSA) is 15.3 Å². The number of rotatable bonds is 5. The summed E-state index contributed by atoms with van der Waals surface area (Å²) in [5, 5.41) is 3.30. The van der Waals surface area contributed by atoms with Gasteiger partial charge in [-0.25, -0.2) is 4.39 Å². The van der Waals surface area contributed by atoms with Crippen LogP contribution < -0.4 is 10.2 Å². The molecule has 1 aromatic rings. The molecule has 0 bridgehead atoms. The Bertz CT molecular complexity index is 406. The average molecular weight is 264 g/mol. The van der Waals surface area contributed by atoms with E-state index in [4.69, 9.17) is 0 Å². The molecule has 1 N–H and O–H groups in total. The van der Waals surface area contributed by atoms with E-state index >= 15 is 0 Å². The Morgan fingerprint density at radius 1 is 1.37 bits per heavy atom. The highest BCUT2D eigenvalue weighted by Crippen LogP contribution is 2.30. The second-order valence-corrected chi connectivity index (χ2v) is 5.39. The molecule has 0 spiro atoms. The van der Waals surface area contributed by atoms with Crippen molar-refractivity contribution in [1.29, 1.82) is 0 Å². The van der Waals surface area contributed by atoms with Crippen LogP contribution in [0, 0.1) is 11.7 Å². The number of halogens is 1. The van der Waals surface area contributed by atoms with E-state index in [0.717, 1.165) is 37.4 Å². The highest BCUT2D eigenvalue weighted by atomic mass is 19.1. The smallest absolute Gasteiger partial charge is 0.146 e. The van der Waals surface area contributed by atoms with Crippen LogP contribution in [0.1, 0.15) is 38.7 Å². The van der Waals surface area contributed by atoms with Gasteiger partial charge >= 0.3 is 0 Å². The highest BCUT2D eigenvalue weighted by Gasteiger charge is 2.22. The average Bonchev–Trinajstić information content (AvgIpc) is 2.45. The van der Waals surface area contributed by atoms with Crippen molar-refractivity contribution in [2.75, 3.05) is 24.5 Å². The van der Waals surface area contributed by atoms with Crippen LogP contribution in [0.4, 0.5) is 10.1 Å². The predicted molar refractivity (Wildman–Crippen MR) is 79.0 cm³/mol. The minimum atomic E-state index is -0.0767. The van der Waals surface area contributed by atoms with Crippen molar-refractivity contribution in [1.82, 2.24) is 5.32 Å². The third kappa shape index (κ3) is 3.47. The molecule has 0 aromatic heterocycles. The molecule has 0 saturated carbocycles. The van der Waals surface area contributed by atoms with Crippen molar-refractivity contribution in [3.8, 4) is 0 Å². The SMILES string of the molecule is CCNCc1cccc(F)c1N1CCCC(CC)C1. The number of anilines is 1. The molecule has 2 rings (SSSR count). The molecule has 1 fully saturated rings. The van der Waals surface area contributed by atoms with Gasteiger partial charge < -0.3 is 10.2 Å². The molecule has 106 valence electrons. The van der Waals surface area contributed by atoms with Gasteiger partial charge in [-0.3, -0.25) is 0 Å². The number of hydrogen-bond acceptors (Lipinski definition) is 2. The molecule has 3 heteroatoms. The van der Waals surface area contributed by atoms with Crippen molar-refractivity contribution in [2.24, 2.45) is 5.92 Å². The first-order valence-electron chi connectivity index (χ1n) is 7.49. The standard InChI is InChI=1S/C16H25FN2/c1-3-13-7-6-10-19(12-13)16-14(11-18-4-2)8-5-9-15(16)17/h5,8-9,13,18H,3-4,6-7,10-12H2,1-2H3. The zero-order chi connectivity index (χ0) is 13.7. The normalized spacial score (nSPS) is 19.7. The zero-order valence-electron chi connectivity index (χ0n) is 12.1. The van der Waals surface area contributed by atoms with Gasteiger partial charge in [0.1, 0.15) is 5.82 Å². The van der Waals surface area contributed by atoms with E-state index in [9.17, 15) is 4.39 Å². The van der Waals surface area contributed by atoms with Gasteiger partial charge in [0, 0.05) is 19.6 Å². The van der Waals surface area contributed by atoms with Crippen LogP contribution in [-0.2, 0) is 6.54 Å². The van der Waals surface area contributed by atoms with Gasteiger partial charge in [-0.2, -0.15) is 0 Å². The summed E-state index contributed by atoms with van der Waals surface area (Å²) in [5.74, 6) is 0.632. The molecule has 1 heterocycles. The van der Waals surface area contributed by atoms with Gasteiger partial charge in [-0.1, -0.05) is 32.4 Å². The molecule has 1 aliphatic heterocycles. The Labute approximate surface area is 116 Å². The first-order chi connectivity index (χ1) is 9.26. The van der Waals surface area contributed by atoms with E-state index in [2.05, 4.69) is 24.1 Å². The molecule has 0 radical (unpaired) electrons. The zero-order valence-corrected chi connectivity index (χ0v) is 12.1. The summed E-state index contributed by atoms with van der Waals surface area (Å²) in [5.41, 5.74) is 1.90. The fraction of sp³-hybridized carbons (Fsp3) is 0.625. The lowest BCUT2D eigenvalue weighted by Gasteiger charge is -2.35. The number of nitrogens with zero attached hydrogens (tertiary/aromatic N) is 1. The van der Waals surface area contributed by atoms with Crippen LogP contribution in [0.5, 0.6) is 0 Å². The molecular formula is C16H25FN2. The summed E-state index contributed by atoms with van der Waals surface area (Å²) in [6, 6.07) is 5.43. The highest BCUT2D eigenvalue weighted by molar-refractivity contribution is 5.55. The van der Waals surface area contributed by atoms with E-state index in [0.29, 0.717) is 5.92 Å². The van der Waals surface area contributed by atoms with Gasteiger partial charge in [-0.05, 0) is 36.9 Å². The predicted octanol–water partition coefficient (Wildman–Crippen LogP) is 3.56. The molecule has 1 unspecified atom stereocenters. The summed E-state index contributed by atoms with van der Waals surface area (Å²) < 4.78 is 14.2. The van der Waals surface area contributed by atoms with Crippen molar-refractivity contribution < 1.29 is 4.39 Å². The molecule has 1 saturated heterocycles. The number of benzene rings is 1. The number of para-hydroxylation sites is 1. The summed E-state index contributed by atoms with van der Waals surface area (Å²) in [4.78, 5) is 2.25. The Morgan fingerprint density at radius 2 is 2.21 bits per heavy atom. The second kappa shape index (κ2) is 6.90. The Morgan fingerprint density at radius 3 is 2.95 bits per heavy atom. The number of hydrogen-bond donors (Lipinski definition) is 1. The lowest BCUT2D eigenvalue weighted by molar-refractivity contribution is 0.401. The lowest BCUT2D eigenvalue weighted by atomic mass is 9.94. The summed E-state index contributed by atoms with van der Waals surface area (Å²) in [6.07, 6.45) is 3.64. The molecule has 1 aromatic carbocycles. The molecule has 2 nitrogen and oxygen atoms in total. The van der Waals surface area contributed by atoms with Crippen molar-refractivity contribution >= 4 is 5.69 Å². The van der Waals surface area contributed by atoms with Crippen LogP contribution in [0.25, 0.3) is 0 Å². The van der Waals surface area contributed by atoms with E-state index in [1.165, 1.54) is 19.3 Å². The van der Waals surface area contributed by atoms with E-state index < -0.39 is 0 Å². The Kier molecular flexibility index (Phi) is 5.20. The number of piperidine rings is 1. The molecule has 0 aliphatic carbocycles. The summed E-state index contributed by atoms with van der Waals surface area (Å²) in [6.45, 7) is 7.94. The van der Waals surface area contributed by atoms with Crippen LogP contribution in [0.3, 0.4) is 0 Å². The van der Waals surface area contributed by atoms with E-state index in [1.54, 1.807) is 6.07 Å². The molecular weight excluding hydrogens is 239 g/mol. The largest absolute Gasteiger partial charge is 0.369 e. The maximum atomic E-state index is 14.2. The van der Waals surface area contributed by atoms with Gasteiger partial charge in [0.15, 0.2) is 0 Å². The number of nitrogens with one attached hydrogen (secondary N) is 1. The molecule has 1 atom stereocenters. The molecule has 1 aliphatic rings. The maximum absolute atomic E-state index is 14.2. The van der Waals surface area contributed by atoms with Crippen molar-refractivity contribution in [3.05, 3.63) is 29.6 Å². The van der Waals surface area contributed by atoms with Gasteiger partial charge in [0.25, 0.3) is 0 Å². The van der Waals surface area contributed by atoms with Crippen LogP contribution in [-0.4, -0.2) is 19.6 Å². The summed E-state index contributed by atoms with van der Waals surface area (Å²) >= 11 is 0. The first-order valence-corrected chi connectivity index (χ1v) is 7.49. The lowest BCUT2D eigenvalue weighted by Crippen LogP contribution is -2.36. The Balaban J connectivity index is 2.21. The quantitative estimate of drug-likeness (QED) is 0.874. The van der Waals surface area contributed by atoms with Crippen LogP contribution in [0.2, 0.25) is 0 Å². The monoisotopic (exact) mass is 264 g/mol. The maximum Gasteiger partial charge on any atom is 0.146 e. The minimum Gasteiger partial charge on any atom is -0.369 e. The van der Waals surface area contributed by atoms with Gasteiger partial charge in [0.2, 0.25) is 0 Å². The van der Waals surface area contributed by atoms with Crippen molar-refractivity contribution in [3.63, 3.8) is 0 Å². The fourth-order valence-corrected chi connectivity index (χ4v) is 2.92.